The number of aromatic amines is 1. The van der Waals surface area contributed by atoms with Gasteiger partial charge in [-0.2, -0.15) is 5.10 Å². The molecule has 2 rings (SSSR count). The van der Waals surface area contributed by atoms with Crippen LogP contribution in [0.15, 0.2) is 35.3 Å². The van der Waals surface area contributed by atoms with Gasteiger partial charge >= 0.3 is 0 Å². The van der Waals surface area contributed by atoms with E-state index < -0.39 is 4.92 Å². The number of nitrogens with zero attached hydrogens (tertiary/aromatic N) is 3. The van der Waals surface area contributed by atoms with Crippen LogP contribution in [0.1, 0.15) is 39.0 Å². The second kappa shape index (κ2) is 6.60. The number of H-pyrrole nitrogens is 1. The summed E-state index contributed by atoms with van der Waals surface area (Å²) in [4.78, 5) is 14.7. The molecule has 7 heteroatoms. The number of benzene rings is 1. The van der Waals surface area contributed by atoms with Gasteiger partial charge in [-0.05, 0) is 19.1 Å². The average Bonchev–Trinajstić information content (AvgIpc) is 2.96. The Hall–Kier alpha value is -2.70. The molecule has 2 N–H and O–H groups in total. The standard InChI is InChI=1S/C16H21N5O2/c1-5-17-15(11-6-8-12(9-7-11)21(22)23)18-14-10-13(19-20-14)16(2,3)4/h6-10H,5H2,1-4H3,(H2,17,18,19,20). The first kappa shape index (κ1) is 16.7. The van der Waals surface area contributed by atoms with E-state index in [-0.39, 0.29) is 11.1 Å². The van der Waals surface area contributed by atoms with Gasteiger partial charge in [0.15, 0.2) is 5.82 Å². The lowest BCUT2D eigenvalue weighted by Crippen LogP contribution is -2.14. The zero-order valence-electron chi connectivity index (χ0n) is 13.8. The minimum Gasteiger partial charge on any atom is -0.323 e. The molecule has 0 aliphatic heterocycles. The Bertz CT molecular complexity index is 711. The van der Waals surface area contributed by atoms with Crippen molar-refractivity contribution in [3.8, 4) is 0 Å². The molecule has 7 nitrogen and oxygen atoms in total. The van der Waals surface area contributed by atoms with Crippen LogP contribution in [0.3, 0.4) is 0 Å². The number of aromatic nitrogens is 2. The predicted molar refractivity (Wildman–Crippen MR) is 91.1 cm³/mol. The molecular weight excluding hydrogens is 294 g/mol. The van der Waals surface area contributed by atoms with Crippen LogP contribution in [0.25, 0.3) is 0 Å². The van der Waals surface area contributed by atoms with Gasteiger partial charge in [0.05, 0.1) is 4.92 Å². The third kappa shape index (κ3) is 4.15. The van der Waals surface area contributed by atoms with Gasteiger partial charge in [-0.15, -0.1) is 0 Å². The summed E-state index contributed by atoms with van der Waals surface area (Å²) in [7, 11) is 0. The lowest BCUT2D eigenvalue weighted by Gasteiger charge is -2.14. The normalized spacial score (nSPS) is 12.3. The van der Waals surface area contributed by atoms with Crippen LogP contribution in [0.2, 0.25) is 0 Å². The first-order valence-electron chi connectivity index (χ1n) is 7.43. The minimum absolute atomic E-state index is 0.0254. The SMILES string of the molecule is CCN=C(Nc1cc(C(C)(C)C)[nH]n1)c1ccc([N+](=O)[O-])cc1. The Balaban J connectivity index is 2.24. The van der Waals surface area contributed by atoms with Crippen molar-refractivity contribution in [1.82, 2.24) is 10.2 Å². The predicted octanol–water partition coefficient (Wildman–Crippen LogP) is 3.49. The summed E-state index contributed by atoms with van der Waals surface area (Å²) in [5.74, 6) is 1.30. The summed E-state index contributed by atoms with van der Waals surface area (Å²) < 4.78 is 0. The monoisotopic (exact) mass is 315 g/mol. The second-order valence-corrected chi connectivity index (χ2v) is 6.17. The van der Waals surface area contributed by atoms with E-state index >= 15 is 0 Å². The largest absolute Gasteiger partial charge is 0.323 e. The van der Waals surface area contributed by atoms with Crippen LogP contribution in [0.4, 0.5) is 11.5 Å². The summed E-state index contributed by atoms with van der Waals surface area (Å²) in [6.07, 6.45) is 0. The summed E-state index contributed by atoms with van der Waals surface area (Å²) in [6.45, 7) is 8.82. The maximum Gasteiger partial charge on any atom is 0.269 e. The van der Waals surface area contributed by atoms with Crippen LogP contribution in [-0.2, 0) is 5.41 Å². The molecule has 1 aromatic heterocycles. The highest BCUT2D eigenvalue weighted by molar-refractivity contribution is 6.07. The van der Waals surface area contributed by atoms with E-state index in [2.05, 4.69) is 41.3 Å². The quantitative estimate of drug-likeness (QED) is 0.390. The van der Waals surface area contributed by atoms with E-state index in [1.807, 2.05) is 13.0 Å². The van der Waals surface area contributed by atoms with Crippen LogP contribution in [0.5, 0.6) is 0 Å². The molecule has 23 heavy (non-hydrogen) atoms. The molecule has 0 fully saturated rings. The molecule has 0 aliphatic rings. The number of non-ortho nitro benzene ring substituents is 1. The molecule has 1 aromatic carbocycles. The third-order valence-corrected chi connectivity index (χ3v) is 3.30. The number of nitro groups is 1. The molecule has 0 amide bonds. The molecule has 0 saturated heterocycles. The minimum atomic E-state index is -0.419. The fraction of sp³-hybridized carbons (Fsp3) is 0.375. The highest BCUT2D eigenvalue weighted by Gasteiger charge is 2.17. The summed E-state index contributed by atoms with van der Waals surface area (Å²) >= 11 is 0. The van der Waals surface area contributed by atoms with E-state index in [0.29, 0.717) is 18.2 Å². The number of aliphatic imine (C=N–C) groups is 1. The van der Waals surface area contributed by atoms with Crippen molar-refractivity contribution in [2.45, 2.75) is 33.1 Å². The first-order chi connectivity index (χ1) is 10.8. The van der Waals surface area contributed by atoms with Gasteiger partial charge in [-0.3, -0.25) is 20.2 Å². The van der Waals surface area contributed by atoms with Gasteiger partial charge in [0.2, 0.25) is 0 Å². The number of hydrogen-bond acceptors (Lipinski definition) is 4. The van der Waals surface area contributed by atoms with Crippen LogP contribution < -0.4 is 5.32 Å². The van der Waals surface area contributed by atoms with Gasteiger partial charge in [0.1, 0.15) is 5.84 Å². The molecule has 0 saturated carbocycles. The molecule has 1 heterocycles. The summed E-state index contributed by atoms with van der Waals surface area (Å²) in [5.41, 5.74) is 1.82. The Morgan fingerprint density at radius 3 is 2.48 bits per heavy atom. The topological polar surface area (TPSA) is 96.2 Å². The molecule has 0 bridgehead atoms. The van der Waals surface area contributed by atoms with Gasteiger partial charge in [0.25, 0.3) is 5.69 Å². The number of nitrogens with one attached hydrogen (secondary N) is 2. The molecule has 0 aliphatic carbocycles. The Morgan fingerprint density at radius 1 is 1.35 bits per heavy atom. The molecule has 0 spiro atoms. The van der Waals surface area contributed by atoms with Gasteiger partial charge in [-0.25, -0.2) is 0 Å². The molecular formula is C16H21N5O2. The number of nitro benzene ring substituents is 1. The number of amidine groups is 1. The van der Waals surface area contributed by atoms with Crippen molar-refractivity contribution < 1.29 is 4.92 Å². The Kier molecular flexibility index (Phi) is 4.78. The van der Waals surface area contributed by atoms with Gasteiger partial charge < -0.3 is 5.32 Å². The van der Waals surface area contributed by atoms with Gasteiger partial charge in [0, 0.05) is 41.4 Å². The highest BCUT2D eigenvalue weighted by atomic mass is 16.6. The van der Waals surface area contributed by atoms with Gasteiger partial charge in [-0.1, -0.05) is 20.8 Å². The highest BCUT2D eigenvalue weighted by Crippen LogP contribution is 2.22. The van der Waals surface area contributed by atoms with E-state index in [0.717, 1.165) is 11.3 Å². The summed E-state index contributed by atoms with van der Waals surface area (Å²) in [5, 5.41) is 21.2. The van der Waals surface area contributed by atoms with Crippen LogP contribution in [-0.4, -0.2) is 27.5 Å². The number of rotatable bonds is 4. The molecule has 0 radical (unpaired) electrons. The maximum atomic E-state index is 10.7. The van der Waals surface area contributed by atoms with Crippen LogP contribution >= 0.6 is 0 Å². The zero-order chi connectivity index (χ0) is 17.0. The fourth-order valence-corrected chi connectivity index (χ4v) is 1.99. The molecule has 0 unspecified atom stereocenters. The lowest BCUT2D eigenvalue weighted by atomic mass is 9.92. The Morgan fingerprint density at radius 2 is 2.00 bits per heavy atom. The number of hydrogen-bond donors (Lipinski definition) is 2. The molecule has 2 aromatic rings. The van der Waals surface area contributed by atoms with E-state index in [1.165, 1.54) is 12.1 Å². The van der Waals surface area contributed by atoms with Crippen molar-refractivity contribution in [2.24, 2.45) is 4.99 Å². The van der Waals surface area contributed by atoms with Crippen molar-refractivity contribution in [2.75, 3.05) is 11.9 Å². The molecule has 0 atom stereocenters. The average molecular weight is 315 g/mol. The Labute approximate surface area is 135 Å². The van der Waals surface area contributed by atoms with E-state index in [9.17, 15) is 10.1 Å². The summed E-state index contributed by atoms with van der Waals surface area (Å²) in [6, 6.07) is 8.23. The molecule has 122 valence electrons. The van der Waals surface area contributed by atoms with Crippen molar-refractivity contribution in [3.63, 3.8) is 0 Å². The second-order valence-electron chi connectivity index (χ2n) is 6.17. The zero-order valence-corrected chi connectivity index (χ0v) is 13.8. The number of anilines is 1. The van der Waals surface area contributed by atoms with Crippen molar-refractivity contribution in [3.05, 3.63) is 51.7 Å². The van der Waals surface area contributed by atoms with Crippen LogP contribution in [0, 0.1) is 10.1 Å². The van der Waals surface area contributed by atoms with E-state index in [1.54, 1.807) is 12.1 Å². The van der Waals surface area contributed by atoms with E-state index in [4.69, 9.17) is 0 Å². The fourth-order valence-electron chi connectivity index (χ4n) is 1.99. The lowest BCUT2D eigenvalue weighted by molar-refractivity contribution is -0.384. The van der Waals surface area contributed by atoms with Crippen molar-refractivity contribution in [1.29, 1.82) is 0 Å². The maximum absolute atomic E-state index is 10.7. The smallest absolute Gasteiger partial charge is 0.269 e. The van der Waals surface area contributed by atoms with Crippen molar-refractivity contribution >= 4 is 17.3 Å². The third-order valence-electron chi connectivity index (χ3n) is 3.30. The first-order valence-corrected chi connectivity index (χ1v) is 7.43.